The summed E-state index contributed by atoms with van der Waals surface area (Å²) in [6.07, 6.45) is 3.57. The zero-order valence-corrected chi connectivity index (χ0v) is 31.2. The molecule has 48 heavy (non-hydrogen) atoms. The molecule has 5 amide bonds. The Hall–Kier alpha value is -2.10. The van der Waals surface area contributed by atoms with Crippen LogP contribution in [0.15, 0.2) is 4.99 Å². The molecule has 20 heteroatoms. The fourth-order valence-electron chi connectivity index (χ4n) is 3.75. The summed E-state index contributed by atoms with van der Waals surface area (Å²) in [5.74, 6) is 1.50. The fourth-order valence-corrected chi connectivity index (χ4v) is 7.37. The molecule has 16 nitrogen and oxygen atoms in total. The Kier molecular flexibility index (Phi) is 29.6. The van der Waals surface area contributed by atoms with Gasteiger partial charge in [0.15, 0.2) is 5.96 Å². The third-order valence-electron chi connectivity index (χ3n) is 6.28. The molecule has 15 N–H and O–H groups in total. The lowest BCUT2D eigenvalue weighted by molar-refractivity contribution is -0.129. The first-order valence-electron chi connectivity index (χ1n) is 16.2. The zero-order valence-electron chi connectivity index (χ0n) is 28.0. The monoisotopic (exact) mass is 755 g/mol. The Labute approximate surface area is 300 Å². The smallest absolute Gasteiger partial charge is 0.242 e. The van der Waals surface area contributed by atoms with E-state index in [1.807, 2.05) is 6.92 Å². The van der Waals surface area contributed by atoms with Crippen LogP contribution in [0.5, 0.6) is 0 Å². The second-order valence-corrected chi connectivity index (χ2v) is 15.9. The quantitative estimate of drug-likeness (QED) is 0.0177. The van der Waals surface area contributed by atoms with Crippen molar-refractivity contribution in [2.45, 2.75) is 76.4 Å². The first kappa shape index (κ1) is 45.9. The van der Waals surface area contributed by atoms with Gasteiger partial charge in [-0.3, -0.25) is 29.0 Å². The van der Waals surface area contributed by atoms with Crippen molar-refractivity contribution >= 4 is 78.7 Å². The van der Waals surface area contributed by atoms with Gasteiger partial charge in [0.2, 0.25) is 29.5 Å². The largest absolute Gasteiger partial charge is 0.370 e. The number of nitrogens with one attached hydrogen (secondary N) is 5. The molecule has 0 aliphatic heterocycles. The van der Waals surface area contributed by atoms with E-state index in [0.29, 0.717) is 101 Å². The Morgan fingerprint density at radius 1 is 0.646 bits per heavy atom. The predicted molar refractivity (Wildman–Crippen MR) is 202 cm³/mol. The topological polar surface area (TPSA) is 288 Å². The van der Waals surface area contributed by atoms with Crippen LogP contribution < -0.4 is 55.3 Å². The Balaban J connectivity index is 4.19. The molecular formula is C28H57N11O5S4. The third-order valence-corrected chi connectivity index (χ3v) is 11.1. The lowest BCUT2D eigenvalue weighted by atomic mass is 10.1. The van der Waals surface area contributed by atoms with Gasteiger partial charge in [-0.1, -0.05) is 50.1 Å². The molecule has 278 valence electrons. The third kappa shape index (κ3) is 26.8. The van der Waals surface area contributed by atoms with E-state index < -0.39 is 18.1 Å². The number of amides is 5. The number of aliphatic imine (C=N–C) groups is 1. The van der Waals surface area contributed by atoms with E-state index in [-0.39, 0.29) is 48.3 Å². The summed E-state index contributed by atoms with van der Waals surface area (Å²) in [6.45, 7) is 4.61. The first-order chi connectivity index (χ1) is 23.0. The second kappa shape index (κ2) is 30.9. The van der Waals surface area contributed by atoms with Crippen LogP contribution in [0, 0.1) is 0 Å². The van der Waals surface area contributed by atoms with Crippen molar-refractivity contribution in [1.82, 2.24) is 26.6 Å². The first-order valence-corrected chi connectivity index (χ1v) is 21.1. The van der Waals surface area contributed by atoms with Crippen molar-refractivity contribution in [3.63, 3.8) is 0 Å². The zero-order chi connectivity index (χ0) is 36.0. The summed E-state index contributed by atoms with van der Waals surface area (Å²) in [5, 5.41) is 14.0. The number of hydrogen-bond donors (Lipinski definition) is 10. The number of rotatable bonds is 30. The Bertz CT molecular complexity index is 965. The van der Waals surface area contributed by atoms with Crippen LogP contribution in [0.3, 0.4) is 0 Å². The van der Waals surface area contributed by atoms with Crippen molar-refractivity contribution in [3.05, 3.63) is 0 Å². The number of nitrogens with two attached hydrogens (primary N) is 5. The van der Waals surface area contributed by atoms with Gasteiger partial charge in [0.1, 0.15) is 6.04 Å². The maximum absolute atomic E-state index is 12.8. The van der Waals surface area contributed by atoms with Gasteiger partial charge in [-0.25, -0.2) is 0 Å². The SMILES string of the molecule is CCCC(=O)NC(CCC(=O)NCCSSCCNC(=O)C(N)CCCN)C(=O)NCCSSCCNC(=O)C(N)CCCN=C(N)N. The molecule has 0 heterocycles. The van der Waals surface area contributed by atoms with Gasteiger partial charge in [-0.2, -0.15) is 0 Å². The predicted octanol–water partition coefficient (Wildman–Crippen LogP) is -1.27. The molecule has 0 fully saturated rings. The summed E-state index contributed by atoms with van der Waals surface area (Å²) in [5.41, 5.74) is 27.7. The van der Waals surface area contributed by atoms with Gasteiger partial charge in [-0.15, -0.1) is 0 Å². The number of guanidine groups is 1. The molecule has 0 saturated carbocycles. The summed E-state index contributed by atoms with van der Waals surface area (Å²) >= 11 is 0. The molecule has 3 unspecified atom stereocenters. The Morgan fingerprint density at radius 2 is 1.12 bits per heavy atom. The van der Waals surface area contributed by atoms with Gasteiger partial charge in [-0.05, 0) is 45.1 Å². The summed E-state index contributed by atoms with van der Waals surface area (Å²) < 4.78 is 0. The van der Waals surface area contributed by atoms with Gasteiger partial charge in [0, 0.05) is 68.6 Å². The minimum Gasteiger partial charge on any atom is -0.370 e. The van der Waals surface area contributed by atoms with E-state index in [1.165, 1.54) is 0 Å². The lowest BCUT2D eigenvalue weighted by Gasteiger charge is -2.18. The molecule has 3 atom stereocenters. The molecule has 0 aliphatic carbocycles. The highest BCUT2D eigenvalue weighted by atomic mass is 33.1. The Morgan fingerprint density at radius 3 is 1.60 bits per heavy atom. The average molecular weight is 756 g/mol. The van der Waals surface area contributed by atoms with Crippen LogP contribution in [-0.2, 0) is 24.0 Å². The molecule has 0 bridgehead atoms. The minimum absolute atomic E-state index is 0.0108. The number of carbonyl (C=O) groups excluding carboxylic acids is 5. The molecule has 0 aromatic rings. The minimum atomic E-state index is -0.810. The highest BCUT2D eigenvalue weighted by molar-refractivity contribution is 8.77. The number of nitrogens with zero attached hydrogens (tertiary/aromatic N) is 1. The molecule has 0 saturated heterocycles. The van der Waals surface area contributed by atoms with Gasteiger partial charge >= 0.3 is 0 Å². The molecule has 0 spiro atoms. The highest BCUT2D eigenvalue weighted by Gasteiger charge is 2.21. The summed E-state index contributed by atoms with van der Waals surface area (Å²) in [6, 6.07) is -1.97. The molecule has 0 aromatic heterocycles. The summed E-state index contributed by atoms with van der Waals surface area (Å²) in [7, 11) is 6.27. The molecule has 0 aromatic carbocycles. The summed E-state index contributed by atoms with van der Waals surface area (Å²) in [4.78, 5) is 65.2. The van der Waals surface area contributed by atoms with Crippen LogP contribution >= 0.6 is 43.2 Å². The van der Waals surface area contributed by atoms with E-state index in [1.54, 1.807) is 43.2 Å². The van der Waals surface area contributed by atoms with Crippen LogP contribution in [0.1, 0.15) is 58.3 Å². The van der Waals surface area contributed by atoms with E-state index in [4.69, 9.17) is 28.7 Å². The molecule has 0 radical (unpaired) electrons. The van der Waals surface area contributed by atoms with Crippen LogP contribution in [-0.4, -0.2) is 116 Å². The van der Waals surface area contributed by atoms with Crippen molar-refractivity contribution < 1.29 is 24.0 Å². The van der Waals surface area contributed by atoms with E-state index >= 15 is 0 Å². The number of hydrogen-bond acceptors (Lipinski definition) is 13. The molecular weight excluding hydrogens is 699 g/mol. The van der Waals surface area contributed by atoms with Crippen LogP contribution in [0.25, 0.3) is 0 Å². The van der Waals surface area contributed by atoms with Crippen molar-refractivity contribution in [2.24, 2.45) is 33.7 Å². The van der Waals surface area contributed by atoms with Crippen molar-refractivity contribution in [2.75, 3.05) is 62.3 Å². The van der Waals surface area contributed by atoms with Crippen molar-refractivity contribution in [1.29, 1.82) is 0 Å². The van der Waals surface area contributed by atoms with E-state index in [0.717, 1.165) is 0 Å². The lowest BCUT2D eigenvalue weighted by Crippen LogP contribution is -2.47. The molecule has 0 rings (SSSR count). The number of carbonyl (C=O) groups is 5. The molecule has 0 aliphatic rings. The van der Waals surface area contributed by atoms with E-state index in [9.17, 15) is 24.0 Å². The standard InChI is InChI=1S/C28H57N11O5S4/c1-2-5-24(41)39-22(8-9-23(40)34-12-16-45-46-17-13-35-25(42)20(30)6-3-10-29)27(44)37-15-19-48-47-18-14-36-26(43)21(31)7-4-11-38-28(32)33/h20-22H,2-19,29-31H2,1H3,(H,34,40)(H,35,42)(H,36,43)(H,37,44)(H,39,41)(H4,32,33,38). The fraction of sp³-hybridized carbons (Fsp3) is 0.786. The average Bonchev–Trinajstić information content (AvgIpc) is 3.05. The normalized spacial score (nSPS) is 12.7. The highest BCUT2D eigenvalue weighted by Crippen LogP contribution is 2.20. The van der Waals surface area contributed by atoms with Crippen molar-refractivity contribution in [3.8, 4) is 0 Å². The van der Waals surface area contributed by atoms with Crippen LogP contribution in [0.4, 0.5) is 0 Å². The van der Waals surface area contributed by atoms with Gasteiger partial charge < -0.3 is 55.3 Å². The maximum atomic E-state index is 12.8. The van der Waals surface area contributed by atoms with Gasteiger partial charge in [0.25, 0.3) is 0 Å². The van der Waals surface area contributed by atoms with Gasteiger partial charge in [0.05, 0.1) is 12.1 Å². The second-order valence-electron chi connectivity index (χ2n) is 10.5. The van der Waals surface area contributed by atoms with E-state index in [2.05, 4.69) is 31.6 Å². The maximum Gasteiger partial charge on any atom is 0.242 e. The van der Waals surface area contributed by atoms with Crippen LogP contribution in [0.2, 0.25) is 0 Å².